The van der Waals surface area contributed by atoms with Crippen LogP contribution >= 0.6 is 15.9 Å². The smallest absolute Gasteiger partial charge is 0.432 e. The summed E-state index contributed by atoms with van der Waals surface area (Å²) in [6, 6.07) is 4.58. The van der Waals surface area contributed by atoms with Crippen LogP contribution in [0.3, 0.4) is 0 Å². The highest BCUT2D eigenvalue weighted by atomic mass is 79.9. The van der Waals surface area contributed by atoms with Gasteiger partial charge < -0.3 is 4.74 Å². The summed E-state index contributed by atoms with van der Waals surface area (Å²) in [6.07, 6.45) is -7.28. The lowest BCUT2D eigenvalue weighted by atomic mass is 9.75. The first-order chi connectivity index (χ1) is 10.2. The number of nitro groups is 1. The highest BCUT2D eigenvalue weighted by molar-refractivity contribution is 9.10. The zero-order valence-electron chi connectivity index (χ0n) is 11.4. The minimum absolute atomic E-state index is 0.0586. The molecule has 2 aliphatic rings. The molecule has 2 aliphatic heterocycles. The molecule has 1 aromatic rings. The van der Waals surface area contributed by atoms with E-state index in [0.29, 0.717) is 10.0 Å². The van der Waals surface area contributed by atoms with Gasteiger partial charge in [0.05, 0.1) is 12.5 Å². The molecule has 0 radical (unpaired) electrons. The van der Waals surface area contributed by atoms with E-state index in [9.17, 15) is 23.3 Å². The number of rotatable bonds is 1. The van der Waals surface area contributed by atoms with Crippen LogP contribution in [0.1, 0.15) is 11.5 Å². The van der Waals surface area contributed by atoms with Crippen LogP contribution in [0.4, 0.5) is 13.2 Å². The van der Waals surface area contributed by atoms with Gasteiger partial charge in [0.25, 0.3) is 11.6 Å². The van der Waals surface area contributed by atoms with E-state index in [-0.39, 0.29) is 18.8 Å². The molecule has 0 unspecified atom stereocenters. The van der Waals surface area contributed by atoms with Gasteiger partial charge >= 0.3 is 6.18 Å². The Morgan fingerprint density at radius 2 is 2.18 bits per heavy atom. The van der Waals surface area contributed by atoms with E-state index < -0.39 is 28.7 Å². The van der Waals surface area contributed by atoms with Crippen LogP contribution in [0.15, 0.2) is 22.7 Å². The molecule has 3 atom stereocenters. The molecule has 0 saturated carbocycles. The van der Waals surface area contributed by atoms with Gasteiger partial charge in [-0.3, -0.25) is 15.0 Å². The Morgan fingerprint density at radius 3 is 2.77 bits per heavy atom. The van der Waals surface area contributed by atoms with Crippen LogP contribution in [0.5, 0.6) is 5.75 Å². The quantitative estimate of drug-likeness (QED) is 0.555. The molecule has 3 rings (SSSR count). The number of likely N-dealkylation sites (N-methyl/N-ethyl adjacent to an activating group) is 1. The van der Waals surface area contributed by atoms with E-state index in [1.807, 2.05) is 0 Å². The van der Waals surface area contributed by atoms with Gasteiger partial charge in [0.1, 0.15) is 5.75 Å². The third-order valence-corrected chi connectivity index (χ3v) is 4.80. The first-order valence-corrected chi connectivity index (χ1v) is 7.31. The molecule has 0 aromatic heterocycles. The number of hydrogen-bond acceptors (Lipinski definition) is 4. The van der Waals surface area contributed by atoms with Gasteiger partial charge in [0.2, 0.25) is 0 Å². The van der Waals surface area contributed by atoms with E-state index >= 15 is 0 Å². The maximum absolute atomic E-state index is 13.4. The van der Waals surface area contributed by atoms with Crippen LogP contribution in [-0.2, 0) is 0 Å². The summed E-state index contributed by atoms with van der Waals surface area (Å²) >= 11 is 3.25. The largest absolute Gasteiger partial charge is 0.473 e. The molecule has 9 heteroatoms. The molecule has 22 heavy (non-hydrogen) atoms. The van der Waals surface area contributed by atoms with Crippen LogP contribution in [-0.4, -0.2) is 47.8 Å². The SMILES string of the molecule is CN1C[C@H]2c3cc(Br)ccc3O[C@H](C(F)(F)F)[C@@]2([N+](=O)[O-])C1. The minimum atomic E-state index is -4.82. The molecule has 0 spiro atoms. The van der Waals surface area contributed by atoms with Crippen molar-refractivity contribution >= 4 is 15.9 Å². The Balaban J connectivity index is 2.23. The highest BCUT2D eigenvalue weighted by Gasteiger charge is 2.73. The van der Waals surface area contributed by atoms with E-state index in [0.717, 1.165) is 0 Å². The molecule has 1 fully saturated rings. The van der Waals surface area contributed by atoms with Crippen LogP contribution in [0.2, 0.25) is 0 Å². The summed E-state index contributed by atoms with van der Waals surface area (Å²) in [5.41, 5.74) is -1.78. The molecule has 0 N–H and O–H groups in total. The van der Waals surface area contributed by atoms with Gasteiger partial charge in [-0.1, -0.05) is 15.9 Å². The second-order valence-corrected chi connectivity index (χ2v) is 6.64. The Hall–Kier alpha value is -1.35. The number of nitrogens with zero attached hydrogens (tertiary/aromatic N) is 2. The predicted molar refractivity (Wildman–Crippen MR) is 74.6 cm³/mol. The van der Waals surface area contributed by atoms with Crippen molar-refractivity contribution in [1.82, 2.24) is 4.90 Å². The number of likely N-dealkylation sites (tertiary alicyclic amines) is 1. The minimum Gasteiger partial charge on any atom is -0.473 e. The third-order valence-electron chi connectivity index (χ3n) is 4.30. The Bertz CT molecular complexity index is 639. The summed E-state index contributed by atoms with van der Waals surface area (Å²) in [5, 5.41) is 11.6. The average Bonchev–Trinajstić information content (AvgIpc) is 2.75. The van der Waals surface area contributed by atoms with Crippen molar-refractivity contribution in [3.05, 3.63) is 38.3 Å². The molecule has 0 aliphatic carbocycles. The maximum Gasteiger partial charge on any atom is 0.432 e. The molecule has 1 aromatic carbocycles. The lowest BCUT2D eigenvalue weighted by Gasteiger charge is -2.39. The van der Waals surface area contributed by atoms with Crippen molar-refractivity contribution in [3.8, 4) is 5.75 Å². The van der Waals surface area contributed by atoms with Gasteiger partial charge in [-0.25, -0.2) is 0 Å². The third kappa shape index (κ3) is 2.10. The molecule has 120 valence electrons. The molecule has 0 bridgehead atoms. The number of benzene rings is 1. The lowest BCUT2D eigenvalue weighted by molar-refractivity contribution is -0.591. The van der Waals surface area contributed by atoms with Crippen molar-refractivity contribution in [3.63, 3.8) is 0 Å². The fourth-order valence-electron chi connectivity index (χ4n) is 3.47. The van der Waals surface area contributed by atoms with Crippen molar-refractivity contribution in [2.24, 2.45) is 0 Å². The monoisotopic (exact) mass is 380 g/mol. The van der Waals surface area contributed by atoms with Crippen molar-refractivity contribution in [2.45, 2.75) is 23.7 Å². The molecule has 5 nitrogen and oxygen atoms in total. The summed E-state index contributed by atoms with van der Waals surface area (Å²) < 4.78 is 46.0. The summed E-state index contributed by atoms with van der Waals surface area (Å²) in [5.74, 6) is -0.816. The Morgan fingerprint density at radius 1 is 1.50 bits per heavy atom. The van der Waals surface area contributed by atoms with Gasteiger partial charge in [-0.05, 0) is 25.2 Å². The summed E-state index contributed by atoms with van der Waals surface area (Å²) in [4.78, 5) is 12.4. The van der Waals surface area contributed by atoms with Crippen LogP contribution in [0.25, 0.3) is 0 Å². The van der Waals surface area contributed by atoms with Crippen LogP contribution in [0, 0.1) is 10.1 Å². The van der Waals surface area contributed by atoms with E-state index in [4.69, 9.17) is 4.74 Å². The first kappa shape index (κ1) is 15.5. The van der Waals surface area contributed by atoms with Crippen LogP contribution < -0.4 is 4.74 Å². The van der Waals surface area contributed by atoms with Gasteiger partial charge in [-0.15, -0.1) is 0 Å². The van der Waals surface area contributed by atoms with Crippen molar-refractivity contribution in [1.29, 1.82) is 0 Å². The number of fused-ring (bicyclic) bond motifs is 3. The lowest BCUT2D eigenvalue weighted by Crippen LogP contribution is -2.64. The average molecular weight is 381 g/mol. The summed E-state index contributed by atoms with van der Waals surface area (Å²) in [6.45, 7) is -0.124. The zero-order valence-corrected chi connectivity index (χ0v) is 13.0. The standard InChI is InChI=1S/C13H12BrF3N2O3/c1-18-5-9-8-4-7(14)2-3-10(8)22-11(13(15,16)17)12(9,6-18)19(20)21/h2-4,9,11H,5-6H2,1H3/t9-,11-,12+/m0/s1. The summed E-state index contributed by atoms with van der Waals surface area (Å²) in [7, 11) is 1.58. The normalized spacial score (nSPS) is 31.3. The number of hydrogen-bond donors (Lipinski definition) is 0. The second-order valence-electron chi connectivity index (χ2n) is 5.72. The number of halogens is 4. The number of alkyl halides is 3. The Labute approximate surface area is 132 Å². The van der Waals surface area contributed by atoms with Gasteiger partial charge in [0, 0.05) is 21.5 Å². The maximum atomic E-state index is 13.4. The molecular formula is C13H12BrF3N2O3. The van der Waals surface area contributed by atoms with Gasteiger partial charge in [0.15, 0.2) is 0 Å². The van der Waals surface area contributed by atoms with Gasteiger partial charge in [-0.2, -0.15) is 13.2 Å². The Kier molecular flexibility index (Phi) is 3.41. The second kappa shape index (κ2) is 4.82. The van der Waals surface area contributed by atoms with E-state index in [1.54, 1.807) is 24.1 Å². The number of ether oxygens (including phenoxy) is 1. The highest BCUT2D eigenvalue weighted by Crippen LogP contribution is 2.52. The first-order valence-electron chi connectivity index (χ1n) is 6.52. The fourth-order valence-corrected chi connectivity index (χ4v) is 3.85. The van der Waals surface area contributed by atoms with Crippen molar-refractivity contribution < 1.29 is 22.8 Å². The zero-order chi connectivity index (χ0) is 16.3. The fraction of sp³-hybridized carbons (Fsp3) is 0.538. The molecule has 1 saturated heterocycles. The predicted octanol–water partition coefficient (Wildman–Crippen LogP) is 2.82. The molecular weight excluding hydrogens is 369 g/mol. The molecule has 2 heterocycles. The van der Waals surface area contributed by atoms with E-state index in [1.165, 1.54) is 6.07 Å². The topological polar surface area (TPSA) is 55.6 Å². The van der Waals surface area contributed by atoms with Crippen molar-refractivity contribution in [2.75, 3.05) is 20.1 Å². The molecule has 0 amide bonds. The van der Waals surface area contributed by atoms with E-state index in [2.05, 4.69) is 15.9 Å².